The Morgan fingerprint density at radius 2 is 2.26 bits per heavy atom. The Balaban J connectivity index is 2.26. The predicted octanol–water partition coefficient (Wildman–Crippen LogP) is -1.61. The monoisotopic (exact) mass is 286 g/mol. The zero-order valence-electron chi connectivity index (χ0n) is 9.79. The summed E-state index contributed by atoms with van der Waals surface area (Å²) < 4.78 is 26.0. The summed E-state index contributed by atoms with van der Waals surface area (Å²) in [5.41, 5.74) is 0. The molecule has 10 heteroatoms. The number of hydrogen-bond acceptors (Lipinski definition) is 6. The molecule has 3 rings (SSSR count). The van der Waals surface area contributed by atoms with Crippen molar-refractivity contribution < 1.29 is 23.1 Å². The maximum absolute atomic E-state index is 12.5. The number of β-lactam (4-membered cyclic amide) rings is 1. The van der Waals surface area contributed by atoms with Crippen molar-refractivity contribution in [1.82, 2.24) is 19.9 Å². The SMILES string of the molecule is C[C@]1(n2ccnn2)[C@H](C(=O)O)N2C(=O)CC2S1(=O)=O. The van der Waals surface area contributed by atoms with Gasteiger partial charge in [0.25, 0.3) is 0 Å². The van der Waals surface area contributed by atoms with Crippen LogP contribution in [0.2, 0.25) is 0 Å². The maximum atomic E-state index is 12.5. The molecule has 1 unspecified atom stereocenters. The van der Waals surface area contributed by atoms with Crippen molar-refractivity contribution in [2.24, 2.45) is 0 Å². The summed E-state index contributed by atoms with van der Waals surface area (Å²) in [4.78, 5) is 22.0. The summed E-state index contributed by atoms with van der Waals surface area (Å²) in [6, 6.07) is -1.49. The maximum Gasteiger partial charge on any atom is 0.330 e. The van der Waals surface area contributed by atoms with Crippen molar-refractivity contribution in [2.75, 3.05) is 0 Å². The number of carboxylic acid groups (broad SMARTS) is 1. The van der Waals surface area contributed by atoms with E-state index in [0.717, 1.165) is 9.58 Å². The minimum atomic E-state index is -3.89. The Hall–Kier alpha value is -1.97. The Bertz CT molecular complexity index is 669. The Morgan fingerprint density at radius 3 is 2.74 bits per heavy atom. The average molecular weight is 286 g/mol. The van der Waals surface area contributed by atoms with Gasteiger partial charge in [-0.25, -0.2) is 17.9 Å². The third kappa shape index (κ3) is 1.17. The molecule has 1 amide bonds. The van der Waals surface area contributed by atoms with Gasteiger partial charge >= 0.3 is 5.97 Å². The van der Waals surface area contributed by atoms with E-state index in [4.69, 9.17) is 0 Å². The highest BCUT2D eigenvalue weighted by molar-refractivity contribution is 7.93. The molecule has 3 heterocycles. The van der Waals surface area contributed by atoms with E-state index in [1.54, 1.807) is 0 Å². The number of carboxylic acids is 1. The quantitative estimate of drug-likeness (QED) is 0.649. The van der Waals surface area contributed by atoms with E-state index in [1.165, 1.54) is 19.3 Å². The van der Waals surface area contributed by atoms with E-state index < -0.39 is 38.0 Å². The first-order valence-electron chi connectivity index (χ1n) is 5.46. The molecular formula is C9H10N4O5S. The molecule has 2 aliphatic rings. The van der Waals surface area contributed by atoms with Crippen LogP contribution in [-0.4, -0.2) is 56.7 Å². The first-order chi connectivity index (χ1) is 8.81. The highest BCUT2D eigenvalue weighted by atomic mass is 32.2. The lowest BCUT2D eigenvalue weighted by atomic mass is 10.0. The molecule has 1 aromatic rings. The molecule has 1 N–H and O–H groups in total. The number of hydrogen-bond donors (Lipinski definition) is 1. The van der Waals surface area contributed by atoms with Crippen molar-refractivity contribution in [3.8, 4) is 0 Å². The fourth-order valence-corrected chi connectivity index (χ4v) is 5.04. The van der Waals surface area contributed by atoms with Crippen LogP contribution < -0.4 is 0 Å². The van der Waals surface area contributed by atoms with Gasteiger partial charge in [0.2, 0.25) is 5.91 Å². The summed E-state index contributed by atoms with van der Waals surface area (Å²) in [6.07, 6.45) is 2.36. The molecule has 0 aliphatic carbocycles. The lowest BCUT2D eigenvalue weighted by Gasteiger charge is -2.35. The molecule has 2 fully saturated rings. The zero-order chi connectivity index (χ0) is 14.0. The van der Waals surface area contributed by atoms with E-state index in [0.29, 0.717) is 0 Å². The van der Waals surface area contributed by atoms with Crippen LogP contribution >= 0.6 is 0 Å². The molecule has 3 atom stereocenters. The number of carbonyl (C=O) groups excluding carboxylic acids is 1. The van der Waals surface area contributed by atoms with Gasteiger partial charge in [0.05, 0.1) is 12.6 Å². The summed E-state index contributed by atoms with van der Waals surface area (Å²) in [5, 5.41) is 15.3. The van der Waals surface area contributed by atoms with Gasteiger partial charge in [-0.3, -0.25) is 4.79 Å². The average Bonchev–Trinajstić information content (AvgIpc) is 2.88. The molecule has 102 valence electrons. The largest absolute Gasteiger partial charge is 0.480 e. The highest BCUT2D eigenvalue weighted by Gasteiger charge is 2.71. The first-order valence-corrected chi connectivity index (χ1v) is 7.00. The van der Waals surface area contributed by atoms with Crippen LogP contribution in [0.5, 0.6) is 0 Å². The number of amides is 1. The van der Waals surface area contributed by atoms with Gasteiger partial charge in [0.1, 0.15) is 5.37 Å². The Morgan fingerprint density at radius 1 is 1.58 bits per heavy atom. The van der Waals surface area contributed by atoms with Gasteiger partial charge in [-0.05, 0) is 6.92 Å². The minimum Gasteiger partial charge on any atom is -0.480 e. The molecule has 2 aliphatic heterocycles. The zero-order valence-corrected chi connectivity index (χ0v) is 10.6. The summed E-state index contributed by atoms with van der Waals surface area (Å²) in [7, 11) is -3.89. The fourth-order valence-electron chi connectivity index (χ4n) is 2.71. The van der Waals surface area contributed by atoms with E-state index in [-0.39, 0.29) is 6.42 Å². The number of rotatable bonds is 2. The van der Waals surface area contributed by atoms with Crippen LogP contribution in [0.3, 0.4) is 0 Å². The predicted molar refractivity (Wildman–Crippen MR) is 59.3 cm³/mol. The van der Waals surface area contributed by atoms with Crippen LogP contribution in [-0.2, 0) is 24.3 Å². The topological polar surface area (TPSA) is 122 Å². The van der Waals surface area contributed by atoms with Crippen molar-refractivity contribution in [2.45, 2.75) is 29.6 Å². The smallest absolute Gasteiger partial charge is 0.330 e. The van der Waals surface area contributed by atoms with Crippen LogP contribution in [0.1, 0.15) is 13.3 Å². The third-order valence-electron chi connectivity index (χ3n) is 3.78. The minimum absolute atomic E-state index is 0.184. The molecule has 19 heavy (non-hydrogen) atoms. The molecule has 0 bridgehead atoms. The van der Waals surface area contributed by atoms with Crippen molar-refractivity contribution in [1.29, 1.82) is 0 Å². The molecule has 1 aromatic heterocycles. The lowest BCUT2D eigenvalue weighted by Crippen LogP contribution is -2.57. The van der Waals surface area contributed by atoms with Crippen molar-refractivity contribution in [3.05, 3.63) is 12.4 Å². The molecule has 2 saturated heterocycles. The van der Waals surface area contributed by atoms with Gasteiger partial charge in [0, 0.05) is 6.20 Å². The van der Waals surface area contributed by atoms with Crippen LogP contribution in [0.4, 0.5) is 0 Å². The number of fused-ring (bicyclic) bond motifs is 1. The summed E-state index contributed by atoms with van der Waals surface area (Å²) in [5.74, 6) is -1.86. The van der Waals surface area contributed by atoms with Gasteiger partial charge in [-0.15, -0.1) is 5.10 Å². The molecule has 0 radical (unpaired) electrons. The molecule has 0 aromatic carbocycles. The number of nitrogens with zero attached hydrogens (tertiary/aromatic N) is 4. The van der Waals surface area contributed by atoms with Gasteiger partial charge < -0.3 is 10.0 Å². The Labute approximate surface area is 107 Å². The first kappa shape index (κ1) is 12.1. The molecule has 0 spiro atoms. The van der Waals surface area contributed by atoms with E-state index >= 15 is 0 Å². The number of carbonyl (C=O) groups is 2. The fraction of sp³-hybridized carbons (Fsp3) is 0.556. The van der Waals surface area contributed by atoms with Crippen LogP contribution in [0, 0.1) is 0 Å². The number of sulfone groups is 1. The van der Waals surface area contributed by atoms with Crippen LogP contribution in [0.25, 0.3) is 0 Å². The normalized spacial score (nSPS) is 35.8. The lowest BCUT2D eigenvalue weighted by molar-refractivity contribution is -0.158. The Kier molecular flexibility index (Phi) is 2.11. The highest BCUT2D eigenvalue weighted by Crippen LogP contribution is 2.48. The van der Waals surface area contributed by atoms with Crippen molar-refractivity contribution >= 4 is 21.7 Å². The third-order valence-corrected chi connectivity index (χ3v) is 6.45. The second kappa shape index (κ2) is 3.32. The van der Waals surface area contributed by atoms with E-state index in [9.17, 15) is 23.1 Å². The van der Waals surface area contributed by atoms with Crippen molar-refractivity contribution in [3.63, 3.8) is 0 Å². The second-order valence-electron chi connectivity index (χ2n) is 4.65. The van der Waals surface area contributed by atoms with Gasteiger partial charge in [-0.1, -0.05) is 5.21 Å². The van der Waals surface area contributed by atoms with Gasteiger partial charge in [0.15, 0.2) is 20.8 Å². The number of aromatic nitrogens is 3. The van der Waals surface area contributed by atoms with E-state index in [1.807, 2.05) is 0 Å². The summed E-state index contributed by atoms with van der Waals surface area (Å²) >= 11 is 0. The summed E-state index contributed by atoms with van der Waals surface area (Å²) in [6.45, 7) is 1.25. The molecular weight excluding hydrogens is 276 g/mol. The molecule has 9 nitrogen and oxygen atoms in total. The second-order valence-corrected chi connectivity index (χ2v) is 7.11. The number of aliphatic carboxylic acids is 1. The standard InChI is InChI=1S/C9H10N4O5S/c1-9(12-3-2-10-11-12)7(8(15)16)13-5(14)4-6(13)19(9,17)18/h2-3,6-7H,4H2,1H3,(H,15,16)/t6?,7-,9+/m0/s1. The van der Waals surface area contributed by atoms with E-state index in [2.05, 4.69) is 10.3 Å². The van der Waals surface area contributed by atoms with Gasteiger partial charge in [-0.2, -0.15) is 0 Å². The van der Waals surface area contributed by atoms with Crippen LogP contribution in [0.15, 0.2) is 12.4 Å². The molecule has 0 saturated carbocycles.